The van der Waals surface area contributed by atoms with Gasteiger partial charge in [-0.15, -0.1) is 0 Å². The number of hydrogen-bond donors (Lipinski definition) is 2. The van der Waals surface area contributed by atoms with Gasteiger partial charge in [-0.25, -0.2) is 0 Å². The van der Waals surface area contributed by atoms with Crippen LogP contribution in [0.3, 0.4) is 0 Å². The molecule has 3 aromatic carbocycles. The van der Waals surface area contributed by atoms with E-state index in [0.717, 1.165) is 52.1 Å². The molecule has 6 heteroatoms. The standard InChI is InChI=1S/C29H30N2O4/c1-18(2)27(32)30-16-20-5-7-21(8-6-20)24-15-23(10-4-19(24)3)31-28(33)29(12-13-29)22-9-11-25-26(14-22)35-17-34-25/h4-11,14-15,18H,12-13,16-17H2,1-3H3,(H,30,32)(H,31,33). The van der Waals surface area contributed by atoms with E-state index in [2.05, 4.69) is 29.7 Å². The highest BCUT2D eigenvalue weighted by molar-refractivity contribution is 6.02. The Balaban J connectivity index is 1.31. The first kappa shape index (κ1) is 23.0. The van der Waals surface area contributed by atoms with Gasteiger partial charge < -0.3 is 20.1 Å². The number of nitrogens with one attached hydrogen (secondary N) is 2. The molecule has 1 heterocycles. The van der Waals surface area contributed by atoms with E-state index >= 15 is 0 Å². The van der Waals surface area contributed by atoms with E-state index in [9.17, 15) is 9.59 Å². The predicted octanol–water partition coefficient (Wildman–Crippen LogP) is 5.33. The molecule has 0 unspecified atom stereocenters. The lowest BCUT2D eigenvalue weighted by molar-refractivity contribution is -0.124. The molecule has 1 saturated carbocycles. The van der Waals surface area contributed by atoms with Crippen LogP contribution in [0.5, 0.6) is 11.5 Å². The van der Waals surface area contributed by atoms with Gasteiger partial charge in [0.2, 0.25) is 18.6 Å². The average molecular weight is 471 g/mol. The van der Waals surface area contributed by atoms with E-state index in [1.54, 1.807) is 0 Å². The number of fused-ring (bicyclic) bond motifs is 1. The predicted molar refractivity (Wildman–Crippen MR) is 135 cm³/mol. The number of amides is 2. The van der Waals surface area contributed by atoms with Gasteiger partial charge in [0, 0.05) is 18.2 Å². The summed E-state index contributed by atoms with van der Waals surface area (Å²) in [5.74, 6) is 1.44. The van der Waals surface area contributed by atoms with Crippen molar-refractivity contribution in [2.24, 2.45) is 5.92 Å². The lowest BCUT2D eigenvalue weighted by Gasteiger charge is -2.17. The van der Waals surface area contributed by atoms with Crippen molar-refractivity contribution >= 4 is 17.5 Å². The average Bonchev–Trinajstić information content (AvgIpc) is 3.54. The zero-order valence-electron chi connectivity index (χ0n) is 20.3. The van der Waals surface area contributed by atoms with E-state index in [1.165, 1.54) is 0 Å². The minimum absolute atomic E-state index is 0.00223. The second-order valence-electron chi connectivity index (χ2n) is 9.70. The molecule has 2 amide bonds. The molecule has 5 rings (SSSR count). The maximum Gasteiger partial charge on any atom is 0.235 e. The summed E-state index contributed by atoms with van der Waals surface area (Å²) in [5.41, 5.74) is 5.52. The fourth-order valence-corrected chi connectivity index (χ4v) is 4.42. The summed E-state index contributed by atoms with van der Waals surface area (Å²) in [4.78, 5) is 25.2. The van der Waals surface area contributed by atoms with Crippen molar-refractivity contribution in [1.82, 2.24) is 5.32 Å². The van der Waals surface area contributed by atoms with Crippen LogP contribution in [-0.4, -0.2) is 18.6 Å². The van der Waals surface area contributed by atoms with Gasteiger partial charge in [-0.1, -0.05) is 50.2 Å². The van der Waals surface area contributed by atoms with Crippen molar-refractivity contribution in [2.45, 2.75) is 45.6 Å². The Morgan fingerprint density at radius 1 is 0.943 bits per heavy atom. The fourth-order valence-electron chi connectivity index (χ4n) is 4.42. The first-order valence-corrected chi connectivity index (χ1v) is 12.0. The summed E-state index contributed by atoms with van der Waals surface area (Å²) >= 11 is 0. The largest absolute Gasteiger partial charge is 0.454 e. The number of rotatable bonds is 7. The summed E-state index contributed by atoms with van der Waals surface area (Å²) < 4.78 is 10.9. The second kappa shape index (κ2) is 9.10. The van der Waals surface area contributed by atoms with Crippen molar-refractivity contribution in [2.75, 3.05) is 12.1 Å². The number of carbonyl (C=O) groups is 2. The molecule has 0 saturated heterocycles. The highest BCUT2D eigenvalue weighted by Crippen LogP contribution is 2.51. The van der Waals surface area contributed by atoms with E-state index in [-0.39, 0.29) is 24.5 Å². The molecular formula is C29H30N2O4. The van der Waals surface area contributed by atoms with E-state index in [0.29, 0.717) is 12.3 Å². The number of aryl methyl sites for hydroxylation is 1. The number of carbonyl (C=O) groups excluding carboxylic acids is 2. The number of anilines is 1. The first-order chi connectivity index (χ1) is 16.9. The Kier molecular flexibility index (Phi) is 5.97. The SMILES string of the molecule is Cc1ccc(NC(=O)C2(c3ccc4c(c3)OCO4)CC2)cc1-c1ccc(CNC(=O)C(C)C)cc1. The molecule has 35 heavy (non-hydrogen) atoms. The van der Waals surface area contributed by atoms with Crippen LogP contribution < -0.4 is 20.1 Å². The summed E-state index contributed by atoms with van der Waals surface area (Å²) in [7, 11) is 0. The highest BCUT2D eigenvalue weighted by Gasteiger charge is 2.51. The molecule has 0 spiro atoms. The molecule has 6 nitrogen and oxygen atoms in total. The van der Waals surface area contributed by atoms with Gasteiger partial charge in [0.05, 0.1) is 5.41 Å². The maximum absolute atomic E-state index is 13.3. The highest BCUT2D eigenvalue weighted by atomic mass is 16.7. The molecule has 2 N–H and O–H groups in total. The summed E-state index contributed by atoms with van der Waals surface area (Å²) in [5, 5.41) is 6.09. The third-order valence-corrected chi connectivity index (χ3v) is 6.86. The van der Waals surface area contributed by atoms with Gasteiger partial charge in [-0.2, -0.15) is 0 Å². The van der Waals surface area contributed by atoms with Crippen LogP contribution in [0.4, 0.5) is 5.69 Å². The van der Waals surface area contributed by atoms with Crippen molar-refractivity contribution in [3.63, 3.8) is 0 Å². The zero-order chi connectivity index (χ0) is 24.6. The first-order valence-electron chi connectivity index (χ1n) is 12.0. The minimum Gasteiger partial charge on any atom is -0.454 e. The van der Waals surface area contributed by atoms with Crippen molar-refractivity contribution < 1.29 is 19.1 Å². The molecule has 1 aliphatic heterocycles. The smallest absolute Gasteiger partial charge is 0.235 e. The Labute approximate surface area is 205 Å². The number of ether oxygens (including phenoxy) is 2. The molecular weight excluding hydrogens is 440 g/mol. The molecule has 180 valence electrons. The lowest BCUT2D eigenvalue weighted by atomic mass is 9.94. The van der Waals surface area contributed by atoms with Crippen LogP contribution in [0, 0.1) is 12.8 Å². The Hall–Kier alpha value is -3.80. The van der Waals surface area contributed by atoms with E-state index < -0.39 is 5.41 Å². The molecule has 1 fully saturated rings. The van der Waals surface area contributed by atoms with Gasteiger partial charge in [0.1, 0.15) is 0 Å². The van der Waals surface area contributed by atoms with Gasteiger partial charge in [0.25, 0.3) is 0 Å². The molecule has 0 aromatic heterocycles. The van der Waals surface area contributed by atoms with Crippen LogP contribution in [0.2, 0.25) is 0 Å². The summed E-state index contributed by atoms with van der Waals surface area (Å²) in [6.45, 7) is 6.55. The van der Waals surface area contributed by atoms with Gasteiger partial charge in [-0.05, 0) is 71.8 Å². The maximum atomic E-state index is 13.3. The summed E-state index contributed by atoms with van der Waals surface area (Å²) in [6, 6.07) is 19.9. The van der Waals surface area contributed by atoms with Gasteiger partial charge >= 0.3 is 0 Å². The molecule has 0 bridgehead atoms. The molecule has 3 aromatic rings. The monoisotopic (exact) mass is 470 g/mol. The summed E-state index contributed by atoms with van der Waals surface area (Å²) in [6.07, 6.45) is 1.62. The van der Waals surface area contributed by atoms with Crippen LogP contribution in [0.15, 0.2) is 60.7 Å². The Morgan fingerprint density at radius 3 is 2.40 bits per heavy atom. The number of hydrogen-bond acceptors (Lipinski definition) is 4. The zero-order valence-corrected chi connectivity index (χ0v) is 20.3. The third-order valence-electron chi connectivity index (χ3n) is 6.86. The van der Waals surface area contributed by atoms with E-state index in [4.69, 9.17) is 9.47 Å². The molecule has 1 aliphatic carbocycles. The van der Waals surface area contributed by atoms with Crippen molar-refractivity contribution in [1.29, 1.82) is 0 Å². The Bertz CT molecular complexity index is 1280. The van der Waals surface area contributed by atoms with Gasteiger partial charge in [-0.3, -0.25) is 9.59 Å². The molecule has 0 radical (unpaired) electrons. The van der Waals surface area contributed by atoms with Crippen LogP contribution in [-0.2, 0) is 21.5 Å². The minimum atomic E-state index is -0.520. The fraction of sp³-hybridized carbons (Fsp3) is 0.310. The van der Waals surface area contributed by atoms with Crippen molar-refractivity contribution in [3.8, 4) is 22.6 Å². The van der Waals surface area contributed by atoms with Gasteiger partial charge in [0.15, 0.2) is 11.5 Å². The van der Waals surface area contributed by atoms with Crippen LogP contribution >= 0.6 is 0 Å². The molecule has 2 aliphatic rings. The lowest BCUT2D eigenvalue weighted by Crippen LogP contribution is -2.27. The second-order valence-corrected chi connectivity index (χ2v) is 9.70. The topological polar surface area (TPSA) is 76.7 Å². The quantitative estimate of drug-likeness (QED) is 0.489. The third kappa shape index (κ3) is 4.61. The van der Waals surface area contributed by atoms with Crippen LogP contribution in [0.1, 0.15) is 43.4 Å². The van der Waals surface area contributed by atoms with Crippen LogP contribution in [0.25, 0.3) is 11.1 Å². The normalized spacial score (nSPS) is 15.1. The molecule has 0 atom stereocenters. The van der Waals surface area contributed by atoms with E-state index in [1.807, 2.05) is 62.4 Å². The number of benzene rings is 3. The Morgan fingerprint density at radius 2 is 1.69 bits per heavy atom. The van der Waals surface area contributed by atoms with Crippen molar-refractivity contribution in [3.05, 3.63) is 77.4 Å².